The van der Waals surface area contributed by atoms with E-state index in [1.807, 2.05) is 18.2 Å². The van der Waals surface area contributed by atoms with Crippen molar-refractivity contribution >= 4 is 23.2 Å². The Kier molecular flexibility index (Phi) is 5.31. The lowest BCUT2D eigenvalue weighted by atomic mass is 10.2. The molecule has 0 spiro atoms. The molecule has 1 nitrogen and oxygen atoms in total. The highest BCUT2D eigenvalue weighted by molar-refractivity contribution is 6.35. The highest BCUT2D eigenvalue weighted by Crippen LogP contribution is 2.24. The van der Waals surface area contributed by atoms with Crippen LogP contribution in [0.5, 0.6) is 0 Å². The quantitative estimate of drug-likeness (QED) is 0.688. The third-order valence-corrected chi connectivity index (χ3v) is 2.66. The molecule has 1 rings (SSSR count). The summed E-state index contributed by atoms with van der Waals surface area (Å²) in [6.45, 7) is 3.39. The van der Waals surface area contributed by atoms with E-state index in [0.717, 1.165) is 25.0 Å². The lowest BCUT2D eigenvalue weighted by Gasteiger charge is -2.07. The second-order valence-corrected chi connectivity index (χ2v) is 3.92. The molecule has 0 radical (unpaired) electrons. The van der Waals surface area contributed by atoms with Crippen LogP contribution in [0.3, 0.4) is 0 Å². The number of ether oxygens (including phenoxy) is 1. The van der Waals surface area contributed by atoms with Crippen molar-refractivity contribution in [3.05, 3.63) is 33.8 Å². The third kappa shape index (κ3) is 3.49. The number of unbranched alkanes of at least 4 members (excludes halogenated alkanes) is 1. The van der Waals surface area contributed by atoms with Crippen LogP contribution in [0.2, 0.25) is 10.0 Å². The summed E-state index contributed by atoms with van der Waals surface area (Å²) in [4.78, 5) is 0. The molecule has 14 heavy (non-hydrogen) atoms. The molecule has 0 saturated heterocycles. The average Bonchev–Trinajstić information content (AvgIpc) is 2.16. The molecule has 0 unspecified atom stereocenters. The minimum Gasteiger partial charge on any atom is -0.377 e. The van der Waals surface area contributed by atoms with Gasteiger partial charge in [0.05, 0.1) is 6.61 Å². The molecule has 0 N–H and O–H groups in total. The molecule has 1 aromatic rings. The smallest absolute Gasteiger partial charge is 0.0746 e. The SMILES string of the molecule is CCCCOCc1c(Cl)cccc1Cl. The number of rotatable bonds is 5. The first-order valence-corrected chi connectivity index (χ1v) is 5.52. The summed E-state index contributed by atoms with van der Waals surface area (Å²) in [5.74, 6) is 0. The number of halogens is 2. The molecule has 0 aliphatic carbocycles. The van der Waals surface area contributed by atoms with Gasteiger partial charge in [0.1, 0.15) is 0 Å². The summed E-state index contributed by atoms with van der Waals surface area (Å²) >= 11 is 12.0. The minimum absolute atomic E-state index is 0.499. The maximum Gasteiger partial charge on any atom is 0.0746 e. The first-order valence-electron chi connectivity index (χ1n) is 4.76. The van der Waals surface area contributed by atoms with E-state index in [2.05, 4.69) is 6.92 Å². The van der Waals surface area contributed by atoms with Gasteiger partial charge in [-0.25, -0.2) is 0 Å². The van der Waals surface area contributed by atoms with Crippen LogP contribution in [0.1, 0.15) is 25.3 Å². The van der Waals surface area contributed by atoms with Crippen LogP contribution in [0.25, 0.3) is 0 Å². The number of hydrogen-bond acceptors (Lipinski definition) is 1. The fraction of sp³-hybridized carbons (Fsp3) is 0.455. The summed E-state index contributed by atoms with van der Waals surface area (Å²) in [6.07, 6.45) is 2.21. The van der Waals surface area contributed by atoms with Gasteiger partial charge >= 0.3 is 0 Å². The summed E-state index contributed by atoms with van der Waals surface area (Å²) in [7, 11) is 0. The maximum absolute atomic E-state index is 5.98. The molecule has 78 valence electrons. The molecule has 0 aliphatic heterocycles. The van der Waals surface area contributed by atoms with E-state index in [1.165, 1.54) is 0 Å². The van der Waals surface area contributed by atoms with Crippen molar-refractivity contribution in [2.75, 3.05) is 6.61 Å². The van der Waals surface area contributed by atoms with E-state index in [0.29, 0.717) is 16.7 Å². The highest BCUT2D eigenvalue weighted by Gasteiger charge is 2.04. The zero-order valence-corrected chi connectivity index (χ0v) is 9.74. The molecule has 1 aromatic carbocycles. The van der Waals surface area contributed by atoms with Gasteiger partial charge in [-0.1, -0.05) is 42.6 Å². The van der Waals surface area contributed by atoms with Gasteiger partial charge in [-0.05, 0) is 18.6 Å². The second kappa shape index (κ2) is 6.28. The van der Waals surface area contributed by atoms with Crippen molar-refractivity contribution in [1.82, 2.24) is 0 Å². The van der Waals surface area contributed by atoms with Crippen LogP contribution in [-0.2, 0) is 11.3 Å². The zero-order chi connectivity index (χ0) is 10.4. The van der Waals surface area contributed by atoms with Crippen molar-refractivity contribution in [3.8, 4) is 0 Å². The largest absolute Gasteiger partial charge is 0.377 e. The molecule has 0 aromatic heterocycles. The molecule has 0 saturated carbocycles. The predicted molar refractivity (Wildman–Crippen MR) is 61.0 cm³/mol. The van der Waals surface area contributed by atoms with Crippen LogP contribution >= 0.6 is 23.2 Å². The van der Waals surface area contributed by atoms with E-state index < -0.39 is 0 Å². The van der Waals surface area contributed by atoms with Gasteiger partial charge in [0.15, 0.2) is 0 Å². The normalized spacial score (nSPS) is 10.5. The van der Waals surface area contributed by atoms with Crippen molar-refractivity contribution in [2.24, 2.45) is 0 Å². The molecule has 0 atom stereocenters. The van der Waals surface area contributed by atoms with Gasteiger partial charge in [-0.2, -0.15) is 0 Å². The Balaban J connectivity index is 2.49. The Morgan fingerprint density at radius 2 is 1.86 bits per heavy atom. The van der Waals surface area contributed by atoms with E-state index >= 15 is 0 Å². The monoisotopic (exact) mass is 232 g/mol. The van der Waals surface area contributed by atoms with Crippen LogP contribution in [0, 0.1) is 0 Å². The van der Waals surface area contributed by atoms with Gasteiger partial charge in [0.25, 0.3) is 0 Å². The lowest BCUT2D eigenvalue weighted by molar-refractivity contribution is 0.118. The van der Waals surface area contributed by atoms with Crippen molar-refractivity contribution < 1.29 is 4.74 Å². The predicted octanol–water partition coefficient (Wildman–Crippen LogP) is 4.31. The first-order chi connectivity index (χ1) is 6.75. The third-order valence-electron chi connectivity index (χ3n) is 1.95. The second-order valence-electron chi connectivity index (χ2n) is 3.11. The van der Waals surface area contributed by atoms with E-state index in [9.17, 15) is 0 Å². The van der Waals surface area contributed by atoms with Crippen LogP contribution in [-0.4, -0.2) is 6.61 Å². The Labute approximate surface area is 95.0 Å². The van der Waals surface area contributed by atoms with E-state index in [-0.39, 0.29) is 0 Å². The topological polar surface area (TPSA) is 9.23 Å². The standard InChI is InChI=1S/C11H14Cl2O/c1-2-3-7-14-8-9-10(12)5-4-6-11(9)13/h4-6H,2-3,7-8H2,1H3. The van der Waals surface area contributed by atoms with Gasteiger partial charge in [0.2, 0.25) is 0 Å². The fourth-order valence-corrected chi connectivity index (χ4v) is 1.60. The molecular formula is C11H14Cl2O. The van der Waals surface area contributed by atoms with Crippen molar-refractivity contribution in [2.45, 2.75) is 26.4 Å². The molecular weight excluding hydrogens is 219 g/mol. The van der Waals surface area contributed by atoms with Crippen LogP contribution in [0.4, 0.5) is 0 Å². The molecule has 0 fully saturated rings. The number of hydrogen-bond donors (Lipinski definition) is 0. The molecule has 3 heteroatoms. The van der Waals surface area contributed by atoms with E-state index in [1.54, 1.807) is 0 Å². The Morgan fingerprint density at radius 3 is 2.43 bits per heavy atom. The first kappa shape index (κ1) is 11.8. The van der Waals surface area contributed by atoms with Crippen LogP contribution in [0.15, 0.2) is 18.2 Å². The fourth-order valence-electron chi connectivity index (χ4n) is 1.09. The average molecular weight is 233 g/mol. The van der Waals surface area contributed by atoms with Gasteiger partial charge in [-0.3, -0.25) is 0 Å². The summed E-state index contributed by atoms with van der Waals surface area (Å²) in [5.41, 5.74) is 0.881. The Morgan fingerprint density at radius 1 is 1.21 bits per heavy atom. The minimum atomic E-state index is 0.499. The van der Waals surface area contributed by atoms with Gasteiger partial charge in [0, 0.05) is 22.2 Å². The summed E-state index contributed by atoms with van der Waals surface area (Å²) < 4.78 is 5.45. The summed E-state index contributed by atoms with van der Waals surface area (Å²) in [5, 5.41) is 1.35. The van der Waals surface area contributed by atoms with E-state index in [4.69, 9.17) is 27.9 Å². The van der Waals surface area contributed by atoms with Gasteiger partial charge < -0.3 is 4.74 Å². The molecule has 0 amide bonds. The highest BCUT2D eigenvalue weighted by atomic mass is 35.5. The molecule has 0 heterocycles. The van der Waals surface area contributed by atoms with Crippen LogP contribution < -0.4 is 0 Å². The Bertz CT molecular complexity index is 266. The number of benzene rings is 1. The van der Waals surface area contributed by atoms with Crippen molar-refractivity contribution in [3.63, 3.8) is 0 Å². The van der Waals surface area contributed by atoms with Gasteiger partial charge in [-0.15, -0.1) is 0 Å². The zero-order valence-electron chi connectivity index (χ0n) is 8.22. The summed E-state index contributed by atoms with van der Waals surface area (Å²) in [6, 6.07) is 5.48. The van der Waals surface area contributed by atoms with Crippen molar-refractivity contribution in [1.29, 1.82) is 0 Å². The Hall–Kier alpha value is -0.240. The molecule has 0 aliphatic rings. The maximum atomic E-state index is 5.98. The lowest BCUT2D eigenvalue weighted by Crippen LogP contribution is -1.96. The molecule has 0 bridgehead atoms.